The summed E-state index contributed by atoms with van der Waals surface area (Å²) in [5, 5.41) is 14.1. The van der Waals surface area contributed by atoms with Crippen LogP contribution in [-0.2, 0) is 10.8 Å². The summed E-state index contributed by atoms with van der Waals surface area (Å²) in [5.74, 6) is 1.42. The van der Waals surface area contributed by atoms with Gasteiger partial charge < -0.3 is 5.32 Å². The van der Waals surface area contributed by atoms with E-state index in [1.807, 2.05) is 0 Å². The van der Waals surface area contributed by atoms with E-state index in [-0.39, 0.29) is 22.7 Å². The van der Waals surface area contributed by atoms with Gasteiger partial charge in [-0.25, -0.2) is 4.98 Å². The Labute approximate surface area is 111 Å². The highest BCUT2D eigenvalue weighted by Crippen LogP contribution is 2.26. The largest absolute Gasteiger partial charge is 0.362 e. The number of hydrogen-bond donors (Lipinski definition) is 1. The first kappa shape index (κ1) is 13.2. The summed E-state index contributed by atoms with van der Waals surface area (Å²) in [6.07, 6.45) is 1.44. The van der Waals surface area contributed by atoms with Crippen molar-refractivity contribution in [2.75, 3.05) is 16.8 Å². The number of hydrogen-bond acceptors (Lipinski definition) is 5. The number of anilines is 1. The molecule has 2 rings (SSSR count). The number of rotatable bonds is 3. The van der Waals surface area contributed by atoms with Gasteiger partial charge >= 0.3 is 5.69 Å². The van der Waals surface area contributed by atoms with Gasteiger partial charge in [-0.3, -0.25) is 14.3 Å². The fourth-order valence-corrected chi connectivity index (χ4v) is 3.26. The Morgan fingerprint density at radius 1 is 1.44 bits per heavy atom. The molecule has 0 radical (unpaired) electrons. The molecule has 0 unspecified atom stereocenters. The summed E-state index contributed by atoms with van der Waals surface area (Å²) in [4.78, 5) is 14.3. The van der Waals surface area contributed by atoms with Crippen LogP contribution in [0.1, 0.15) is 12.8 Å². The molecular weight excluding hydrogens is 278 g/mol. The van der Waals surface area contributed by atoms with E-state index < -0.39 is 15.7 Å². The molecule has 1 N–H and O–H groups in total. The molecular formula is C10H12ClN3O3S. The minimum Gasteiger partial charge on any atom is -0.362 e. The first-order chi connectivity index (χ1) is 8.56. The monoisotopic (exact) mass is 289 g/mol. The molecule has 1 aromatic rings. The van der Waals surface area contributed by atoms with Crippen molar-refractivity contribution in [2.45, 2.75) is 18.9 Å². The van der Waals surface area contributed by atoms with Crippen LogP contribution in [0.2, 0.25) is 5.15 Å². The summed E-state index contributed by atoms with van der Waals surface area (Å²) in [6, 6.07) is 2.78. The predicted molar refractivity (Wildman–Crippen MR) is 70.4 cm³/mol. The van der Waals surface area contributed by atoms with Gasteiger partial charge in [0.25, 0.3) is 0 Å². The molecule has 0 saturated carbocycles. The molecule has 0 aromatic carbocycles. The fraction of sp³-hybridized carbons (Fsp3) is 0.500. The molecule has 0 amide bonds. The third-order valence-corrected chi connectivity index (χ3v) is 4.36. The van der Waals surface area contributed by atoms with Gasteiger partial charge in [0.05, 0.1) is 4.92 Å². The molecule has 18 heavy (non-hydrogen) atoms. The Morgan fingerprint density at radius 2 is 2.11 bits per heavy atom. The van der Waals surface area contributed by atoms with Gasteiger partial charge in [-0.2, -0.15) is 0 Å². The second-order valence-electron chi connectivity index (χ2n) is 4.03. The van der Waals surface area contributed by atoms with Gasteiger partial charge in [-0.1, -0.05) is 11.6 Å². The van der Waals surface area contributed by atoms with Gasteiger partial charge in [0, 0.05) is 34.4 Å². The lowest BCUT2D eigenvalue weighted by molar-refractivity contribution is -0.384. The summed E-state index contributed by atoms with van der Waals surface area (Å²) < 4.78 is 11.2. The highest BCUT2D eigenvalue weighted by Gasteiger charge is 2.22. The van der Waals surface area contributed by atoms with Crippen molar-refractivity contribution in [3.8, 4) is 0 Å². The molecule has 0 aliphatic carbocycles. The smallest absolute Gasteiger partial charge is 0.311 e. The Bertz CT molecular complexity index is 487. The van der Waals surface area contributed by atoms with Crippen molar-refractivity contribution in [1.82, 2.24) is 4.98 Å². The van der Waals surface area contributed by atoms with Gasteiger partial charge in [0.15, 0.2) is 0 Å². The average molecular weight is 290 g/mol. The zero-order chi connectivity index (χ0) is 13.1. The van der Waals surface area contributed by atoms with E-state index in [9.17, 15) is 14.3 Å². The van der Waals surface area contributed by atoms with E-state index >= 15 is 0 Å². The maximum absolute atomic E-state index is 11.2. The molecule has 1 fully saturated rings. The quantitative estimate of drug-likeness (QED) is 0.522. The van der Waals surface area contributed by atoms with Crippen LogP contribution < -0.4 is 5.32 Å². The molecule has 6 nitrogen and oxygen atoms in total. The SMILES string of the molecule is O=[N+]([O-])c1ccc(Cl)nc1NC1CCS(=O)CC1. The van der Waals surface area contributed by atoms with Gasteiger partial charge in [0.2, 0.25) is 5.82 Å². The van der Waals surface area contributed by atoms with Crippen molar-refractivity contribution in [3.63, 3.8) is 0 Å². The lowest BCUT2D eigenvalue weighted by atomic mass is 10.1. The number of halogens is 1. The molecule has 0 spiro atoms. The van der Waals surface area contributed by atoms with E-state index in [4.69, 9.17) is 11.6 Å². The molecule has 1 aliphatic heterocycles. The third-order valence-electron chi connectivity index (χ3n) is 2.77. The van der Waals surface area contributed by atoms with Crippen LogP contribution in [-0.4, -0.2) is 31.7 Å². The van der Waals surface area contributed by atoms with Crippen LogP contribution in [0.25, 0.3) is 0 Å². The van der Waals surface area contributed by atoms with Gasteiger partial charge in [-0.05, 0) is 18.9 Å². The maximum atomic E-state index is 11.2. The highest BCUT2D eigenvalue weighted by atomic mass is 35.5. The molecule has 8 heteroatoms. The van der Waals surface area contributed by atoms with Crippen molar-refractivity contribution in [3.05, 3.63) is 27.4 Å². The molecule has 1 aromatic heterocycles. The van der Waals surface area contributed by atoms with E-state index in [2.05, 4.69) is 10.3 Å². The number of nitro groups is 1. The van der Waals surface area contributed by atoms with E-state index in [0.29, 0.717) is 11.5 Å². The van der Waals surface area contributed by atoms with Crippen LogP contribution in [0.3, 0.4) is 0 Å². The first-order valence-corrected chi connectivity index (χ1v) is 7.35. The standard InChI is InChI=1S/C10H12ClN3O3S/c11-9-2-1-8(14(15)16)10(13-9)12-7-3-5-18(17)6-4-7/h1-2,7H,3-6H2,(H,12,13). The van der Waals surface area contributed by atoms with E-state index in [0.717, 1.165) is 12.8 Å². The molecule has 0 atom stereocenters. The fourth-order valence-electron chi connectivity index (χ4n) is 1.81. The topological polar surface area (TPSA) is 85.1 Å². The van der Waals surface area contributed by atoms with Crippen molar-refractivity contribution in [2.24, 2.45) is 0 Å². The van der Waals surface area contributed by atoms with Crippen LogP contribution in [0, 0.1) is 10.1 Å². The van der Waals surface area contributed by atoms with Crippen molar-refractivity contribution in [1.29, 1.82) is 0 Å². The summed E-state index contributed by atoms with van der Waals surface area (Å²) in [7, 11) is -0.758. The van der Waals surface area contributed by atoms with Gasteiger partial charge in [0.1, 0.15) is 5.15 Å². The Balaban J connectivity index is 2.15. The first-order valence-electron chi connectivity index (χ1n) is 5.48. The second-order valence-corrected chi connectivity index (χ2v) is 6.11. The lowest BCUT2D eigenvalue weighted by Gasteiger charge is -2.22. The Hall–Kier alpha value is -1.21. The molecule has 0 bridgehead atoms. The van der Waals surface area contributed by atoms with Crippen LogP contribution >= 0.6 is 11.6 Å². The van der Waals surface area contributed by atoms with Crippen LogP contribution in [0.5, 0.6) is 0 Å². The summed E-state index contributed by atoms with van der Waals surface area (Å²) in [6.45, 7) is 0. The summed E-state index contributed by atoms with van der Waals surface area (Å²) >= 11 is 5.74. The highest BCUT2D eigenvalue weighted by molar-refractivity contribution is 7.85. The molecule has 1 saturated heterocycles. The minimum absolute atomic E-state index is 0.0624. The molecule has 98 valence electrons. The number of nitrogens with zero attached hydrogens (tertiary/aromatic N) is 2. The normalized spacial score (nSPS) is 23.6. The Morgan fingerprint density at radius 3 is 2.72 bits per heavy atom. The van der Waals surface area contributed by atoms with Gasteiger partial charge in [-0.15, -0.1) is 0 Å². The number of pyridine rings is 1. The van der Waals surface area contributed by atoms with Crippen LogP contribution in [0.15, 0.2) is 12.1 Å². The van der Waals surface area contributed by atoms with Crippen molar-refractivity contribution >= 4 is 33.9 Å². The lowest BCUT2D eigenvalue weighted by Crippen LogP contribution is -2.30. The summed E-state index contributed by atoms with van der Waals surface area (Å²) in [5.41, 5.74) is -0.0916. The minimum atomic E-state index is -0.758. The molecule has 1 aliphatic rings. The Kier molecular flexibility index (Phi) is 4.13. The predicted octanol–water partition coefficient (Wildman–Crippen LogP) is 1.97. The average Bonchev–Trinajstić information content (AvgIpc) is 2.32. The zero-order valence-electron chi connectivity index (χ0n) is 9.47. The second kappa shape index (κ2) is 5.62. The number of aromatic nitrogens is 1. The maximum Gasteiger partial charge on any atom is 0.311 e. The van der Waals surface area contributed by atoms with Crippen molar-refractivity contribution < 1.29 is 9.13 Å². The number of nitrogens with one attached hydrogen (secondary N) is 1. The van der Waals surface area contributed by atoms with Crippen LogP contribution in [0.4, 0.5) is 11.5 Å². The molecule has 2 heterocycles. The van der Waals surface area contributed by atoms with E-state index in [1.165, 1.54) is 12.1 Å². The third kappa shape index (κ3) is 3.17. The zero-order valence-corrected chi connectivity index (χ0v) is 11.0. The van der Waals surface area contributed by atoms with E-state index in [1.54, 1.807) is 0 Å².